The molecule has 0 aliphatic carbocycles. The van der Waals surface area contributed by atoms with Gasteiger partial charge in [0.15, 0.2) is 57.6 Å². The largest absolute Gasteiger partial charge is 0.467 e. The lowest BCUT2D eigenvalue weighted by atomic mass is 9.82. The van der Waals surface area contributed by atoms with Crippen LogP contribution >= 0.6 is 0 Å². The Bertz CT molecular complexity index is 2350. The van der Waals surface area contributed by atoms with E-state index in [1.54, 1.807) is 0 Å². The van der Waals surface area contributed by atoms with Crippen molar-refractivity contribution in [3.05, 3.63) is 155 Å². The molecule has 296 valence electrons. The van der Waals surface area contributed by atoms with Crippen molar-refractivity contribution in [3.8, 4) is 0 Å². The molecule has 0 N–H and O–H groups in total. The Morgan fingerprint density at radius 3 is 1.11 bits per heavy atom. The number of rotatable bonds is 8. The van der Waals surface area contributed by atoms with E-state index in [1.807, 2.05) is 0 Å². The minimum Gasteiger partial charge on any atom is -0.467 e. The van der Waals surface area contributed by atoms with Crippen LogP contribution in [-0.4, -0.2) is 64.7 Å². The monoisotopic (exact) mass is 830 g/mol. The number of benzene rings is 4. The quantitative estimate of drug-likeness (QED) is 0.0729. The first-order valence-corrected chi connectivity index (χ1v) is 18.5. The molecule has 10 nitrogen and oxygen atoms in total. The normalized spacial score (nSPS) is 20.6. The van der Waals surface area contributed by atoms with Crippen LogP contribution in [0, 0.1) is 46.5 Å². The summed E-state index contributed by atoms with van der Waals surface area (Å²) in [5, 5.41) is 0. The summed E-state index contributed by atoms with van der Waals surface area (Å²) in [4.78, 5) is 22.8. The van der Waals surface area contributed by atoms with Crippen LogP contribution in [0.5, 0.6) is 0 Å². The Kier molecular flexibility index (Phi) is 11.1. The fourth-order valence-corrected chi connectivity index (χ4v) is 10.7. The molecule has 2 heterocycles. The van der Waals surface area contributed by atoms with Gasteiger partial charge in [0.2, 0.25) is 20.0 Å². The van der Waals surface area contributed by atoms with Crippen molar-refractivity contribution in [2.24, 2.45) is 0 Å². The lowest BCUT2D eigenvalue weighted by Gasteiger charge is -2.34. The summed E-state index contributed by atoms with van der Waals surface area (Å²) in [6.45, 7) is 5.58. The Labute approximate surface area is 314 Å². The molecule has 2 aliphatic heterocycles. The zero-order valence-corrected chi connectivity index (χ0v) is 30.4. The van der Waals surface area contributed by atoms with Crippen LogP contribution in [0.25, 0.3) is 0 Å². The summed E-state index contributed by atoms with van der Waals surface area (Å²) in [6.07, 6.45) is 2.12. The van der Waals surface area contributed by atoms with E-state index in [0.717, 1.165) is 26.4 Å². The highest BCUT2D eigenvalue weighted by atomic mass is 32.2. The van der Waals surface area contributed by atoms with Crippen LogP contribution in [0.3, 0.4) is 0 Å². The minimum atomic E-state index is -4.97. The van der Waals surface area contributed by atoms with Crippen molar-refractivity contribution in [3.63, 3.8) is 0 Å². The lowest BCUT2D eigenvalue weighted by molar-refractivity contribution is -0.150. The molecule has 4 aromatic carbocycles. The van der Waals surface area contributed by atoms with Gasteiger partial charge in [0.1, 0.15) is 9.79 Å². The van der Waals surface area contributed by atoms with Gasteiger partial charge in [0.25, 0.3) is 0 Å². The van der Waals surface area contributed by atoms with Crippen molar-refractivity contribution in [2.45, 2.75) is 20.9 Å². The van der Waals surface area contributed by atoms with Crippen LogP contribution in [0.4, 0.5) is 35.1 Å². The SMILES string of the molecule is C=CCN1[C@](C(=O)OC)(c2ccccc2)c2c(F)c(F)c(F)c(F)c2S1(=O)=O.C=CCN1[C@](C(=O)OC)(c2ccccc2)c2c(F)c(F)c(F)c(F)c2S1(=O)=O. The third kappa shape index (κ3) is 5.56. The summed E-state index contributed by atoms with van der Waals surface area (Å²) in [5.41, 5.74) is -7.87. The van der Waals surface area contributed by atoms with Crippen molar-refractivity contribution in [1.29, 1.82) is 0 Å². The van der Waals surface area contributed by atoms with Crippen LogP contribution in [0.1, 0.15) is 22.3 Å². The molecule has 0 saturated carbocycles. The van der Waals surface area contributed by atoms with E-state index in [9.17, 15) is 61.5 Å². The smallest absolute Gasteiger partial charge is 0.336 e. The predicted octanol–water partition coefficient (Wildman–Crippen LogP) is 5.70. The van der Waals surface area contributed by atoms with Crippen LogP contribution in [-0.2, 0) is 50.2 Å². The number of fused-ring (bicyclic) bond motifs is 2. The first kappa shape index (κ1) is 41.7. The Morgan fingerprint density at radius 2 is 0.839 bits per heavy atom. The summed E-state index contributed by atoms with van der Waals surface area (Å²) >= 11 is 0. The van der Waals surface area contributed by atoms with Crippen molar-refractivity contribution in [1.82, 2.24) is 8.61 Å². The highest BCUT2D eigenvalue weighted by Crippen LogP contribution is 2.53. The topological polar surface area (TPSA) is 127 Å². The average Bonchev–Trinajstić information content (AvgIpc) is 3.54. The molecule has 4 aromatic rings. The van der Waals surface area contributed by atoms with Gasteiger partial charge in [-0.2, -0.15) is 8.61 Å². The third-order valence-electron chi connectivity index (χ3n) is 8.95. The van der Waals surface area contributed by atoms with E-state index in [0.29, 0.717) is 8.61 Å². The molecule has 20 heteroatoms. The summed E-state index contributed by atoms with van der Waals surface area (Å²) in [7, 11) is -8.14. The predicted molar refractivity (Wildman–Crippen MR) is 179 cm³/mol. The third-order valence-corrected chi connectivity index (χ3v) is 12.8. The van der Waals surface area contributed by atoms with E-state index in [1.165, 1.54) is 60.7 Å². The molecule has 0 spiro atoms. The molecule has 0 aromatic heterocycles. The zero-order chi connectivity index (χ0) is 41.7. The van der Waals surface area contributed by atoms with E-state index in [4.69, 9.17) is 9.47 Å². The molecule has 2 atom stereocenters. The van der Waals surface area contributed by atoms with Gasteiger partial charge in [0.05, 0.1) is 25.3 Å². The van der Waals surface area contributed by atoms with Crippen molar-refractivity contribution < 1.29 is 71.0 Å². The number of halogens is 8. The highest BCUT2D eigenvalue weighted by Gasteiger charge is 2.65. The fourth-order valence-electron chi connectivity index (χ4n) is 6.76. The van der Waals surface area contributed by atoms with Gasteiger partial charge >= 0.3 is 11.9 Å². The van der Waals surface area contributed by atoms with Gasteiger partial charge in [-0.25, -0.2) is 61.5 Å². The van der Waals surface area contributed by atoms with E-state index < -0.39 is 124 Å². The van der Waals surface area contributed by atoms with Gasteiger partial charge in [-0.3, -0.25) is 0 Å². The van der Waals surface area contributed by atoms with E-state index in [-0.39, 0.29) is 11.1 Å². The molecule has 0 radical (unpaired) electrons. The molecule has 0 amide bonds. The number of ether oxygens (including phenoxy) is 2. The van der Waals surface area contributed by atoms with Crippen molar-refractivity contribution in [2.75, 3.05) is 27.3 Å². The minimum absolute atomic E-state index is 0.143. The fraction of sp³-hybridized carbons (Fsp3) is 0.167. The molecule has 0 bridgehead atoms. The number of esters is 2. The zero-order valence-electron chi connectivity index (χ0n) is 28.8. The molecular weight excluding hydrogens is 805 g/mol. The number of sulfonamides is 2. The highest BCUT2D eigenvalue weighted by molar-refractivity contribution is 7.89. The van der Waals surface area contributed by atoms with Crippen LogP contribution in [0.15, 0.2) is 95.8 Å². The molecular formula is C36H26F8N2O8S2. The Balaban J connectivity index is 0.000000214. The van der Waals surface area contributed by atoms with Gasteiger partial charge in [-0.15, -0.1) is 13.2 Å². The second-order valence-corrected chi connectivity index (χ2v) is 15.3. The van der Waals surface area contributed by atoms with Crippen LogP contribution < -0.4 is 0 Å². The molecule has 0 unspecified atom stereocenters. The summed E-state index contributed by atoms with van der Waals surface area (Å²) in [5.74, 6) is -20.0. The second-order valence-electron chi connectivity index (χ2n) is 11.7. The number of hydrogen-bond acceptors (Lipinski definition) is 8. The number of nitrogens with zero attached hydrogens (tertiary/aromatic N) is 2. The first-order chi connectivity index (χ1) is 26.3. The van der Waals surface area contributed by atoms with Crippen LogP contribution in [0.2, 0.25) is 0 Å². The number of hydrogen-bond donors (Lipinski definition) is 0. The maximum absolute atomic E-state index is 14.9. The maximum atomic E-state index is 14.9. The standard InChI is InChI=1S/2C18H13F4NO4S/c2*1-3-9-23-18(17(24)27-2,10-7-5-4-6-8-10)11-12(19)13(20)14(21)15(22)16(11)28(23,25)26/h2*3-8H,1,9H2,2H3/t2*18-/m11/s1. The van der Waals surface area contributed by atoms with E-state index in [2.05, 4.69) is 13.2 Å². The number of carbonyl (C=O) groups is 2. The second kappa shape index (κ2) is 14.9. The molecule has 56 heavy (non-hydrogen) atoms. The molecule has 0 fully saturated rings. The Hall–Kier alpha value is -5.44. The summed E-state index contributed by atoms with van der Waals surface area (Å²) < 4.78 is 177. The van der Waals surface area contributed by atoms with Gasteiger partial charge in [-0.05, 0) is 11.1 Å². The van der Waals surface area contributed by atoms with Gasteiger partial charge in [-0.1, -0.05) is 72.8 Å². The Morgan fingerprint density at radius 1 is 0.554 bits per heavy atom. The van der Waals surface area contributed by atoms with Gasteiger partial charge in [0, 0.05) is 13.1 Å². The average molecular weight is 831 g/mol. The number of carbonyl (C=O) groups excluding carboxylic acids is 2. The first-order valence-electron chi connectivity index (χ1n) is 15.6. The van der Waals surface area contributed by atoms with E-state index >= 15 is 0 Å². The van der Waals surface area contributed by atoms with Crippen molar-refractivity contribution >= 4 is 32.0 Å². The lowest BCUT2D eigenvalue weighted by Crippen LogP contribution is -2.51. The maximum Gasteiger partial charge on any atom is 0.336 e. The molecule has 0 saturated heterocycles. The van der Waals surface area contributed by atoms with Gasteiger partial charge < -0.3 is 9.47 Å². The molecule has 2 aliphatic rings. The molecule has 6 rings (SSSR count). The summed E-state index contributed by atoms with van der Waals surface area (Å²) in [6, 6.07) is 13.7. The number of methoxy groups -OCH3 is 2.